The Bertz CT molecular complexity index is 179. The third-order valence-corrected chi connectivity index (χ3v) is 2.66. The number of likely N-dealkylation sites (N-methyl/N-ethyl adjacent to an activating group) is 1. The van der Waals surface area contributed by atoms with Crippen molar-refractivity contribution in [1.29, 1.82) is 0 Å². The zero-order chi connectivity index (χ0) is 8.72. The molecule has 0 unspecified atom stereocenters. The highest BCUT2D eigenvalue weighted by Gasteiger charge is 2.47. The molecule has 2 rings (SSSR count). The number of nitrogens with zero attached hydrogens (tertiary/aromatic N) is 1. The fourth-order valence-electron chi connectivity index (χ4n) is 1.90. The van der Waals surface area contributed by atoms with E-state index in [4.69, 9.17) is 9.47 Å². The molecule has 4 atom stereocenters. The summed E-state index contributed by atoms with van der Waals surface area (Å²) < 4.78 is 10.9. The number of aliphatic hydroxyl groups excluding tert-OH is 1. The Balaban J connectivity index is 0.000000845. The molecule has 2 fully saturated rings. The number of rotatable bonds is 1. The quantitative estimate of drug-likeness (QED) is 0.632. The minimum absolute atomic E-state index is 0. The Hall–Kier alpha value is 0.130. The first-order chi connectivity index (χ1) is 5.70. The zero-order valence-corrected chi connectivity index (χ0v) is 8.66. The Kier molecular flexibility index (Phi) is 3.54. The predicted octanol–water partition coefficient (Wildman–Crippen LogP) is -0.503. The van der Waals surface area contributed by atoms with E-state index in [2.05, 4.69) is 4.90 Å². The number of ether oxygens (including phenoxy) is 2. The molecule has 0 aromatic rings. The Labute approximate surface area is 84.2 Å². The standard InChI is InChI=1S/C8H15NO3.ClH/c1-9(2)5-3-11-8-6(10)4-12-7(5)8;/h5-8,10H,3-4H2,1-2H3;1H/t5-,6-,7+,8+;/m0./s1. The lowest BCUT2D eigenvalue weighted by atomic mass is 10.1. The van der Waals surface area contributed by atoms with Crippen LogP contribution in [0.15, 0.2) is 0 Å². The van der Waals surface area contributed by atoms with Crippen LogP contribution in [0.1, 0.15) is 0 Å². The molecule has 0 aromatic carbocycles. The number of hydrogen-bond acceptors (Lipinski definition) is 4. The number of hydrogen-bond donors (Lipinski definition) is 1. The summed E-state index contributed by atoms with van der Waals surface area (Å²) in [5.74, 6) is 0. The maximum absolute atomic E-state index is 9.43. The first kappa shape index (κ1) is 11.2. The van der Waals surface area contributed by atoms with E-state index in [0.717, 1.165) is 0 Å². The van der Waals surface area contributed by atoms with Gasteiger partial charge in [-0.3, -0.25) is 0 Å². The van der Waals surface area contributed by atoms with Crippen LogP contribution in [0.5, 0.6) is 0 Å². The van der Waals surface area contributed by atoms with Crippen LogP contribution in [0.25, 0.3) is 0 Å². The largest absolute Gasteiger partial charge is 0.388 e. The van der Waals surface area contributed by atoms with Crippen LogP contribution in [-0.4, -0.2) is 61.7 Å². The Morgan fingerprint density at radius 1 is 1.15 bits per heavy atom. The fraction of sp³-hybridized carbons (Fsp3) is 1.00. The van der Waals surface area contributed by atoms with Gasteiger partial charge < -0.3 is 19.5 Å². The molecule has 0 amide bonds. The van der Waals surface area contributed by atoms with Gasteiger partial charge in [-0.1, -0.05) is 0 Å². The van der Waals surface area contributed by atoms with Crippen LogP contribution in [0.3, 0.4) is 0 Å². The van der Waals surface area contributed by atoms with Crippen LogP contribution in [0.2, 0.25) is 0 Å². The van der Waals surface area contributed by atoms with Crippen LogP contribution in [0, 0.1) is 0 Å². The van der Waals surface area contributed by atoms with Gasteiger partial charge in [-0.15, -0.1) is 12.4 Å². The second kappa shape index (κ2) is 4.11. The average molecular weight is 210 g/mol. The molecule has 0 aromatic heterocycles. The molecule has 0 aliphatic carbocycles. The monoisotopic (exact) mass is 209 g/mol. The second-order valence-electron chi connectivity index (χ2n) is 3.69. The highest BCUT2D eigenvalue weighted by atomic mass is 35.5. The predicted molar refractivity (Wildman–Crippen MR) is 50.2 cm³/mol. The molecule has 2 aliphatic heterocycles. The van der Waals surface area contributed by atoms with Crippen molar-refractivity contribution in [2.45, 2.75) is 24.4 Å². The summed E-state index contributed by atoms with van der Waals surface area (Å²) in [5, 5.41) is 9.43. The minimum atomic E-state index is -0.431. The van der Waals surface area contributed by atoms with Gasteiger partial charge in [-0.25, -0.2) is 0 Å². The molecule has 2 saturated heterocycles. The lowest BCUT2D eigenvalue weighted by Gasteiger charge is -2.22. The van der Waals surface area contributed by atoms with E-state index >= 15 is 0 Å². The SMILES string of the molecule is CN(C)[C@H]1CO[C@H]2[C@@H]1OC[C@@H]2O.Cl. The first-order valence-electron chi connectivity index (χ1n) is 4.28. The number of aliphatic hydroxyl groups is 1. The van der Waals surface area contributed by atoms with Gasteiger partial charge in [-0.05, 0) is 14.1 Å². The normalized spacial score (nSPS) is 43.4. The summed E-state index contributed by atoms with van der Waals surface area (Å²) in [6.07, 6.45) is -0.465. The molecule has 2 aliphatic rings. The van der Waals surface area contributed by atoms with Crippen molar-refractivity contribution < 1.29 is 14.6 Å². The smallest absolute Gasteiger partial charge is 0.113 e. The number of fused-ring (bicyclic) bond motifs is 1. The minimum Gasteiger partial charge on any atom is -0.388 e. The van der Waals surface area contributed by atoms with Gasteiger partial charge in [0.1, 0.15) is 18.3 Å². The van der Waals surface area contributed by atoms with Crippen molar-refractivity contribution in [2.75, 3.05) is 27.3 Å². The van der Waals surface area contributed by atoms with Gasteiger partial charge in [0.25, 0.3) is 0 Å². The molecular weight excluding hydrogens is 194 g/mol. The van der Waals surface area contributed by atoms with Gasteiger partial charge in [0.05, 0.1) is 19.3 Å². The molecule has 4 nitrogen and oxygen atoms in total. The summed E-state index contributed by atoms with van der Waals surface area (Å²) in [6.45, 7) is 1.08. The summed E-state index contributed by atoms with van der Waals surface area (Å²) >= 11 is 0. The molecule has 78 valence electrons. The Morgan fingerprint density at radius 2 is 1.77 bits per heavy atom. The third-order valence-electron chi connectivity index (χ3n) is 2.66. The van der Waals surface area contributed by atoms with E-state index in [1.165, 1.54) is 0 Å². The van der Waals surface area contributed by atoms with Crippen molar-refractivity contribution in [3.8, 4) is 0 Å². The van der Waals surface area contributed by atoms with Crippen molar-refractivity contribution in [1.82, 2.24) is 4.90 Å². The van der Waals surface area contributed by atoms with Crippen molar-refractivity contribution in [2.24, 2.45) is 0 Å². The first-order valence-corrected chi connectivity index (χ1v) is 4.28. The molecular formula is C8H16ClNO3. The van der Waals surface area contributed by atoms with E-state index < -0.39 is 6.10 Å². The van der Waals surface area contributed by atoms with Crippen LogP contribution < -0.4 is 0 Å². The molecule has 0 radical (unpaired) electrons. The van der Waals surface area contributed by atoms with Gasteiger partial charge in [-0.2, -0.15) is 0 Å². The van der Waals surface area contributed by atoms with Gasteiger partial charge in [0.15, 0.2) is 0 Å². The molecule has 2 heterocycles. The molecule has 0 spiro atoms. The summed E-state index contributed by atoms with van der Waals surface area (Å²) in [4.78, 5) is 2.09. The highest BCUT2D eigenvalue weighted by Crippen LogP contribution is 2.28. The van der Waals surface area contributed by atoms with Gasteiger partial charge in [0.2, 0.25) is 0 Å². The van der Waals surface area contributed by atoms with E-state index in [1.807, 2.05) is 14.1 Å². The average Bonchev–Trinajstić information content (AvgIpc) is 2.53. The van der Waals surface area contributed by atoms with Crippen LogP contribution in [0.4, 0.5) is 0 Å². The van der Waals surface area contributed by atoms with E-state index in [9.17, 15) is 5.11 Å². The lowest BCUT2D eigenvalue weighted by molar-refractivity contribution is 0.0154. The van der Waals surface area contributed by atoms with Gasteiger partial charge in [0, 0.05) is 0 Å². The topological polar surface area (TPSA) is 41.9 Å². The molecule has 5 heteroatoms. The molecule has 0 saturated carbocycles. The molecule has 0 bridgehead atoms. The maximum Gasteiger partial charge on any atom is 0.113 e. The molecule has 13 heavy (non-hydrogen) atoms. The zero-order valence-electron chi connectivity index (χ0n) is 7.84. The van der Waals surface area contributed by atoms with Crippen molar-refractivity contribution in [3.63, 3.8) is 0 Å². The number of halogens is 1. The summed E-state index contributed by atoms with van der Waals surface area (Å²) in [6, 6.07) is 0.298. The summed E-state index contributed by atoms with van der Waals surface area (Å²) in [7, 11) is 4.01. The lowest BCUT2D eigenvalue weighted by Crippen LogP contribution is -2.40. The van der Waals surface area contributed by atoms with E-state index in [-0.39, 0.29) is 24.6 Å². The van der Waals surface area contributed by atoms with Crippen molar-refractivity contribution in [3.05, 3.63) is 0 Å². The van der Waals surface area contributed by atoms with Gasteiger partial charge >= 0.3 is 0 Å². The van der Waals surface area contributed by atoms with Crippen LogP contribution in [-0.2, 0) is 9.47 Å². The second-order valence-corrected chi connectivity index (χ2v) is 3.69. The fourth-order valence-corrected chi connectivity index (χ4v) is 1.90. The third kappa shape index (κ3) is 1.82. The van der Waals surface area contributed by atoms with E-state index in [0.29, 0.717) is 19.3 Å². The Morgan fingerprint density at radius 3 is 2.38 bits per heavy atom. The summed E-state index contributed by atoms with van der Waals surface area (Å²) in [5.41, 5.74) is 0. The maximum atomic E-state index is 9.43. The molecule has 1 N–H and O–H groups in total. The van der Waals surface area contributed by atoms with Crippen molar-refractivity contribution >= 4 is 12.4 Å². The van der Waals surface area contributed by atoms with E-state index in [1.54, 1.807) is 0 Å². The highest BCUT2D eigenvalue weighted by molar-refractivity contribution is 5.85. The van der Waals surface area contributed by atoms with Crippen LogP contribution >= 0.6 is 12.4 Å².